The summed E-state index contributed by atoms with van der Waals surface area (Å²) in [5, 5.41) is 0. The highest BCUT2D eigenvalue weighted by molar-refractivity contribution is 6.29. The molecular formula is C19H36O4. The minimum atomic E-state index is -0.870. The average Bonchev–Trinajstić information content (AvgIpc) is 2.56. The van der Waals surface area contributed by atoms with Gasteiger partial charge in [-0.25, -0.2) is 9.59 Å². The minimum Gasteiger partial charge on any atom is -0.457 e. The molecule has 0 aromatic heterocycles. The molecule has 0 aliphatic rings. The Kier molecular flexibility index (Phi) is 16.5. The number of carbonyl (C=O) groups is 2. The molecule has 0 aliphatic carbocycles. The van der Waals surface area contributed by atoms with E-state index in [0.717, 1.165) is 12.8 Å². The molecule has 4 nitrogen and oxygen atoms in total. The molecule has 0 unspecified atom stereocenters. The van der Waals surface area contributed by atoms with Crippen LogP contribution in [-0.4, -0.2) is 25.2 Å². The third kappa shape index (κ3) is 15.6. The van der Waals surface area contributed by atoms with Gasteiger partial charge in [-0.3, -0.25) is 0 Å². The van der Waals surface area contributed by atoms with Gasteiger partial charge in [0.05, 0.1) is 13.2 Å². The highest BCUT2D eigenvalue weighted by Gasteiger charge is 2.16. The molecule has 0 radical (unpaired) electrons. The molecule has 0 bridgehead atoms. The van der Waals surface area contributed by atoms with Crippen LogP contribution in [0.3, 0.4) is 0 Å². The maximum Gasteiger partial charge on any atom is 0.417 e. The Balaban J connectivity index is 3.21. The van der Waals surface area contributed by atoms with Crippen molar-refractivity contribution >= 4 is 11.9 Å². The molecule has 136 valence electrons. The number of ether oxygens (including phenoxy) is 2. The highest BCUT2D eigenvalue weighted by Crippen LogP contribution is 2.11. The molecule has 0 amide bonds. The summed E-state index contributed by atoms with van der Waals surface area (Å²) in [5.41, 5.74) is 0. The van der Waals surface area contributed by atoms with E-state index in [1.54, 1.807) is 0 Å². The molecule has 0 fully saturated rings. The molecule has 0 aromatic carbocycles. The van der Waals surface area contributed by atoms with Crippen molar-refractivity contribution in [2.45, 2.75) is 97.3 Å². The van der Waals surface area contributed by atoms with Crippen LogP contribution in [0.4, 0.5) is 0 Å². The number of hydrogen-bond acceptors (Lipinski definition) is 4. The SMILES string of the molecule is CCCCCCCCCCCCCCOC(=O)C(=O)OCCC. The molecule has 0 N–H and O–H groups in total. The van der Waals surface area contributed by atoms with Gasteiger partial charge in [-0.05, 0) is 12.8 Å². The van der Waals surface area contributed by atoms with E-state index in [1.807, 2.05) is 6.92 Å². The lowest BCUT2D eigenvalue weighted by atomic mass is 10.1. The lowest BCUT2D eigenvalue weighted by Crippen LogP contribution is -2.21. The van der Waals surface area contributed by atoms with Crippen LogP contribution in [0.2, 0.25) is 0 Å². The quantitative estimate of drug-likeness (QED) is 0.236. The maximum atomic E-state index is 11.3. The Hall–Kier alpha value is -1.06. The fourth-order valence-corrected chi connectivity index (χ4v) is 2.42. The van der Waals surface area contributed by atoms with Crippen LogP contribution in [0, 0.1) is 0 Å². The first kappa shape index (κ1) is 21.9. The van der Waals surface area contributed by atoms with E-state index in [4.69, 9.17) is 9.47 Å². The lowest BCUT2D eigenvalue weighted by molar-refractivity contribution is -0.167. The fourth-order valence-electron chi connectivity index (χ4n) is 2.42. The molecular weight excluding hydrogens is 292 g/mol. The molecule has 4 heteroatoms. The van der Waals surface area contributed by atoms with E-state index in [1.165, 1.54) is 64.2 Å². The largest absolute Gasteiger partial charge is 0.457 e. The van der Waals surface area contributed by atoms with Crippen molar-refractivity contribution in [2.24, 2.45) is 0 Å². The normalized spacial score (nSPS) is 10.5. The van der Waals surface area contributed by atoms with Crippen LogP contribution in [0.25, 0.3) is 0 Å². The lowest BCUT2D eigenvalue weighted by Gasteiger charge is -2.05. The predicted octanol–water partition coefficient (Wildman–Crippen LogP) is 5.18. The summed E-state index contributed by atoms with van der Waals surface area (Å²) in [7, 11) is 0. The van der Waals surface area contributed by atoms with Crippen molar-refractivity contribution < 1.29 is 19.1 Å². The van der Waals surface area contributed by atoms with Crippen molar-refractivity contribution in [2.75, 3.05) is 13.2 Å². The maximum absolute atomic E-state index is 11.3. The second-order valence-electron chi connectivity index (χ2n) is 6.16. The topological polar surface area (TPSA) is 52.6 Å². The highest BCUT2D eigenvalue weighted by atomic mass is 16.6. The van der Waals surface area contributed by atoms with Gasteiger partial charge in [0.2, 0.25) is 0 Å². The van der Waals surface area contributed by atoms with E-state index in [-0.39, 0.29) is 6.61 Å². The van der Waals surface area contributed by atoms with Gasteiger partial charge in [-0.2, -0.15) is 0 Å². The van der Waals surface area contributed by atoms with Crippen LogP contribution < -0.4 is 0 Å². The monoisotopic (exact) mass is 328 g/mol. The van der Waals surface area contributed by atoms with E-state index in [2.05, 4.69) is 6.92 Å². The van der Waals surface area contributed by atoms with Crippen LogP contribution in [0.15, 0.2) is 0 Å². The first-order valence-corrected chi connectivity index (χ1v) is 9.56. The molecule has 0 saturated heterocycles. The second kappa shape index (κ2) is 17.3. The Morgan fingerprint density at radius 2 is 0.913 bits per heavy atom. The molecule has 0 aromatic rings. The van der Waals surface area contributed by atoms with E-state index in [0.29, 0.717) is 13.0 Å². The Morgan fingerprint density at radius 1 is 0.522 bits per heavy atom. The first-order chi connectivity index (χ1) is 11.2. The number of hydrogen-bond donors (Lipinski definition) is 0. The van der Waals surface area contributed by atoms with E-state index < -0.39 is 11.9 Å². The number of rotatable bonds is 15. The van der Waals surface area contributed by atoms with Crippen LogP contribution in [0.1, 0.15) is 97.3 Å². The Labute approximate surface area is 142 Å². The van der Waals surface area contributed by atoms with Crippen molar-refractivity contribution in [1.29, 1.82) is 0 Å². The summed E-state index contributed by atoms with van der Waals surface area (Å²) < 4.78 is 9.58. The molecule has 0 rings (SSSR count). The first-order valence-electron chi connectivity index (χ1n) is 9.56. The zero-order valence-corrected chi connectivity index (χ0v) is 15.2. The van der Waals surface area contributed by atoms with Crippen molar-refractivity contribution in [3.05, 3.63) is 0 Å². The summed E-state index contributed by atoms with van der Waals surface area (Å²) in [6, 6.07) is 0. The zero-order chi connectivity index (χ0) is 17.2. The second-order valence-corrected chi connectivity index (χ2v) is 6.16. The van der Waals surface area contributed by atoms with Crippen molar-refractivity contribution in [3.8, 4) is 0 Å². The summed E-state index contributed by atoms with van der Waals surface area (Å²) >= 11 is 0. The van der Waals surface area contributed by atoms with Crippen LogP contribution >= 0.6 is 0 Å². The molecule has 23 heavy (non-hydrogen) atoms. The van der Waals surface area contributed by atoms with Gasteiger partial charge in [0.1, 0.15) is 0 Å². The summed E-state index contributed by atoms with van der Waals surface area (Å²) in [6.07, 6.45) is 15.9. The zero-order valence-electron chi connectivity index (χ0n) is 15.2. The van der Waals surface area contributed by atoms with Crippen LogP contribution in [0.5, 0.6) is 0 Å². The summed E-state index contributed by atoms with van der Waals surface area (Å²) in [5.74, 6) is -1.73. The van der Waals surface area contributed by atoms with Gasteiger partial charge in [0.15, 0.2) is 0 Å². The number of carbonyl (C=O) groups excluding carboxylic acids is 2. The van der Waals surface area contributed by atoms with Crippen molar-refractivity contribution in [3.63, 3.8) is 0 Å². The molecule has 0 atom stereocenters. The standard InChI is InChI=1S/C19H36O4/c1-3-5-6-7-8-9-10-11-12-13-14-15-17-23-19(21)18(20)22-16-4-2/h3-17H2,1-2H3. The van der Waals surface area contributed by atoms with Gasteiger partial charge < -0.3 is 9.47 Å². The molecule has 0 spiro atoms. The minimum absolute atomic E-state index is 0.270. The van der Waals surface area contributed by atoms with E-state index >= 15 is 0 Å². The third-order valence-electron chi connectivity index (χ3n) is 3.83. The summed E-state index contributed by atoms with van der Waals surface area (Å²) in [6.45, 7) is 4.72. The Morgan fingerprint density at radius 3 is 1.35 bits per heavy atom. The van der Waals surface area contributed by atoms with Gasteiger partial charge >= 0.3 is 11.9 Å². The number of esters is 2. The van der Waals surface area contributed by atoms with E-state index in [9.17, 15) is 9.59 Å². The van der Waals surface area contributed by atoms with Crippen molar-refractivity contribution in [1.82, 2.24) is 0 Å². The smallest absolute Gasteiger partial charge is 0.417 e. The van der Waals surface area contributed by atoms with Gasteiger partial charge in [-0.15, -0.1) is 0 Å². The molecule has 0 aliphatic heterocycles. The molecule has 0 saturated carbocycles. The van der Waals surface area contributed by atoms with Gasteiger partial charge in [-0.1, -0.05) is 84.5 Å². The predicted molar refractivity (Wildman–Crippen MR) is 93.3 cm³/mol. The Bertz CT molecular complexity index is 289. The van der Waals surface area contributed by atoms with Crippen LogP contribution in [-0.2, 0) is 19.1 Å². The van der Waals surface area contributed by atoms with Gasteiger partial charge in [0.25, 0.3) is 0 Å². The third-order valence-corrected chi connectivity index (χ3v) is 3.83. The molecule has 0 heterocycles. The number of unbranched alkanes of at least 4 members (excludes halogenated alkanes) is 11. The summed E-state index contributed by atoms with van der Waals surface area (Å²) in [4.78, 5) is 22.4. The fraction of sp³-hybridized carbons (Fsp3) is 0.895. The van der Waals surface area contributed by atoms with Gasteiger partial charge in [0, 0.05) is 0 Å². The average molecular weight is 328 g/mol.